The van der Waals surface area contributed by atoms with Crippen LogP contribution in [0.5, 0.6) is 5.75 Å². The molecular formula is C13H8F4O5S. The highest BCUT2D eigenvalue weighted by molar-refractivity contribution is 7.88. The Morgan fingerprint density at radius 2 is 1.83 bits per heavy atom. The van der Waals surface area contributed by atoms with Crippen LogP contribution in [0, 0.1) is 5.82 Å². The Hall–Kier alpha value is -2.36. The number of carbonyl (C=O) groups is 1. The first-order valence-corrected chi connectivity index (χ1v) is 7.35. The van der Waals surface area contributed by atoms with Gasteiger partial charge in [-0.15, -0.1) is 0 Å². The summed E-state index contributed by atoms with van der Waals surface area (Å²) in [6, 6.07) is 5.06. The second-order valence-electron chi connectivity index (χ2n) is 4.51. The van der Waals surface area contributed by atoms with Gasteiger partial charge < -0.3 is 9.29 Å². The molecular weight excluding hydrogens is 344 g/mol. The molecule has 0 aliphatic rings. The van der Waals surface area contributed by atoms with E-state index in [1.807, 2.05) is 0 Å². The number of rotatable bonds is 4. The monoisotopic (exact) mass is 352 g/mol. The SMILES string of the molecule is O=C(O)Cc1cc(OS(=O)(=O)C(F)(F)F)c2cc(F)ccc2c1. The fraction of sp³-hybridized carbons (Fsp3) is 0.154. The van der Waals surface area contributed by atoms with Crippen molar-refractivity contribution in [2.45, 2.75) is 11.9 Å². The molecule has 0 aromatic heterocycles. The molecule has 10 heteroatoms. The van der Waals surface area contributed by atoms with E-state index in [2.05, 4.69) is 4.18 Å². The fourth-order valence-corrected chi connectivity index (χ4v) is 2.34. The zero-order valence-corrected chi connectivity index (χ0v) is 11.9. The van der Waals surface area contributed by atoms with E-state index in [4.69, 9.17) is 5.11 Å². The van der Waals surface area contributed by atoms with Gasteiger partial charge in [0.25, 0.3) is 0 Å². The van der Waals surface area contributed by atoms with E-state index in [9.17, 15) is 30.8 Å². The van der Waals surface area contributed by atoms with Gasteiger partial charge in [0.1, 0.15) is 5.82 Å². The maximum absolute atomic E-state index is 13.3. The summed E-state index contributed by atoms with van der Waals surface area (Å²) in [5.41, 5.74) is -5.67. The Bertz CT molecular complexity index is 874. The summed E-state index contributed by atoms with van der Waals surface area (Å²) in [7, 11) is -5.97. The van der Waals surface area contributed by atoms with E-state index in [-0.39, 0.29) is 16.3 Å². The van der Waals surface area contributed by atoms with E-state index in [0.717, 1.165) is 18.2 Å². The van der Waals surface area contributed by atoms with Crippen molar-refractivity contribution in [3.05, 3.63) is 41.7 Å². The van der Waals surface area contributed by atoms with Crippen molar-refractivity contribution in [2.24, 2.45) is 0 Å². The predicted octanol–water partition coefficient (Wildman–Crippen LogP) is 2.83. The molecule has 0 saturated carbocycles. The van der Waals surface area contributed by atoms with Gasteiger partial charge in [-0.1, -0.05) is 12.1 Å². The fourth-order valence-electron chi connectivity index (χ4n) is 1.87. The molecule has 23 heavy (non-hydrogen) atoms. The van der Waals surface area contributed by atoms with E-state index in [0.29, 0.717) is 0 Å². The zero-order chi connectivity index (χ0) is 17.4. The molecule has 0 atom stereocenters. The van der Waals surface area contributed by atoms with Crippen molar-refractivity contribution >= 4 is 26.9 Å². The predicted molar refractivity (Wildman–Crippen MR) is 70.8 cm³/mol. The van der Waals surface area contributed by atoms with Crippen molar-refractivity contribution in [1.29, 1.82) is 0 Å². The summed E-state index contributed by atoms with van der Waals surface area (Å²) in [4.78, 5) is 10.7. The Morgan fingerprint density at radius 1 is 1.17 bits per heavy atom. The highest BCUT2D eigenvalue weighted by atomic mass is 32.2. The zero-order valence-electron chi connectivity index (χ0n) is 11.1. The Kier molecular flexibility index (Phi) is 4.20. The maximum Gasteiger partial charge on any atom is 0.534 e. The lowest BCUT2D eigenvalue weighted by Crippen LogP contribution is -2.28. The molecule has 0 spiro atoms. The molecule has 0 unspecified atom stereocenters. The minimum Gasteiger partial charge on any atom is -0.481 e. The first-order valence-electron chi connectivity index (χ1n) is 5.94. The molecule has 0 radical (unpaired) electrons. The Balaban J connectivity index is 2.64. The van der Waals surface area contributed by atoms with Crippen molar-refractivity contribution < 1.29 is 40.1 Å². The van der Waals surface area contributed by atoms with Crippen LogP contribution in [0.2, 0.25) is 0 Å². The average Bonchev–Trinajstić information content (AvgIpc) is 2.37. The minimum absolute atomic E-state index is 0.00369. The number of aliphatic carboxylic acids is 1. The van der Waals surface area contributed by atoms with E-state index in [1.54, 1.807) is 0 Å². The van der Waals surface area contributed by atoms with Crippen LogP contribution in [0.1, 0.15) is 5.56 Å². The van der Waals surface area contributed by atoms with Crippen molar-refractivity contribution in [1.82, 2.24) is 0 Å². The molecule has 0 heterocycles. The van der Waals surface area contributed by atoms with E-state index < -0.39 is 39.6 Å². The van der Waals surface area contributed by atoms with Crippen molar-refractivity contribution in [3.8, 4) is 5.75 Å². The summed E-state index contributed by atoms with van der Waals surface area (Å²) in [5, 5.41) is 8.64. The van der Waals surface area contributed by atoms with Crippen LogP contribution >= 0.6 is 0 Å². The van der Waals surface area contributed by atoms with Crippen LogP contribution in [-0.2, 0) is 21.3 Å². The van der Waals surface area contributed by atoms with Gasteiger partial charge >= 0.3 is 21.6 Å². The number of fused-ring (bicyclic) bond motifs is 1. The Morgan fingerprint density at radius 3 is 2.39 bits per heavy atom. The molecule has 0 bridgehead atoms. The van der Waals surface area contributed by atoms with Gasteiger partial charge in [-0.25, -0.2) is 4.39 Å². The molecule has 1 N–H and O–H groups in total. The van der Waals surface area contributed by atoms with Crippen LogP contribution in [0.4, 0.5) is 17.6 Å². The molecule has 0 saturated heterocycles. The van der Waals surface area contributed by atoms with Crippen LogP contribution in [0.15, 0.2) is 30.3 Å². The van der Waals surface area contributed by atoms with Crippen molar-refractivity contribution in [2.75, 3.05) is 0 Å². The van der Waals surface area contributed by atoms with Gasteiger partial charge in [0.2, 0.25) is 0 Å². The number of hydrogen-bond acceptors (Lipinski definition) is 4. The van der Waals surface area contributed by atoms with Gasteiger partial charge in [0, 0.05) is 5.39 Å². The third kappa shape index (κ3) is 3.70. The number of benzene rings is 2. The third-order valence-corrected chi connectivity index (χ3v) is 3.74. The summed E-state index contributed by atoms with van der Waals surface area (Å²) < 4.78 is 76.9. The molecule has 2 rings (SSSR count). The summed E-state index contributed by atoms with van der Waals surface area (Å²) in [6.07, 6.45) is -0.574. The highest BCUT2D eigenvalue weighted by Crippen LogP contribution is 2.33. The number of halogens is 4. The lowest BCUT2D eigenvalue weighted by Gasteiger charge is -2.13. The van der Waals surface area contributed by atoms with Crippen LogP contribution in [0.25, 0.3) is 10.8 Å². The van der Waals surface area contributed by atoms with Gasteiger partial charge in [-0.3, -0.25) is 4.79 Å². The van der Waals surface area contributed by atoms with E-state index in [1.165, 1.54) is 12.1 Å². The van der Waals surface area contributed by atoms with Crippen LogP contribution < -0.4 is 4.18 Å². The Labute approximate surface area is 127 Å². The first-order chi connectivity index (χ1) is 10.5. The van der Waals surface area contributed by atoms with E-state index >= 15 is 0 Å². The topological polar surface area (TPSA) is 80.7 Å². The smallest absolute Gasteiger partial charge is 0.481 e. The standard InChI is InChI=1S/C13H8F4O5S/c14-9-2-1-8-3-7(5-12(18)19)4-11(10(8)6-9)22-23(20,21)13(15,16)17/h1-4,6H,5H2,(H,18,19). The molecule has 0 amide bonds. The molecule has 5 nitrogen and oxygen atoms in total. The van der Waals surface area contributed by atoms with Gasteiger partial charge in [0.15, 0.2) is 5.75 Å². The number of hydrogen-bond donors (Lipinski definition) is 1. The molecule has 2 aromatic rings. The molecule has 124 valence electrons. The maximum atomic E-state index is 13.3. The largest absolute Gasteiger partial charge is 0.534 e. The third-order valence-electron chi connectivity index (χ3n) is 2.78. The molecule has 0 fully saturated rings. The molecule has 0 aliphatic heterocycles. The van der Waals surface area contributed by atoms with Crippen LogP contribution in [0.3, 0.4) is 0 Å². The second kappa shape index (κ2) is 5.69. The summed E-state index contributed by atoms with van der Waals surface area (Å²) in [5.74, 6) is -2.90. The van der Waals surface area contributed by atoms with Crippen LogP contribution in [-0.4, -0.2) is 25.0 Å². The summed E-state index contributed by atoms with van der Waals surface area (Å²) in [6.45, 7) is 0. The van der Waals surface area contributed by atoms with Gasteiger partial charge in [0.05, 0.1) is 6.42 Å². The minimum atomic E-state index is -5.97. The number of carboxylic acid groups (broad SMARTS) is 1. The highest BCUT2D eigenvalue weighted by Gasteiger charge is 2.48. The first kappa shape index (κ1) is 17.0. The lowest BCUT2D eigenvalue weighted by molar-refractivity contribution is -0.136. The average molecular weight is 352 g/mol. The summed E-state index contributed by atoms with van der Waals surface area (Å²) >= 11 is 0. The molecule has 0 aliphatic carbocycles. The number of carboxylic acids is 1. The van der Waals surface area contributed by atoms with Gasteiger partial charge in [-0.05, 0) is 29.1 Å². The number of alkyl halides is 3. The second-order valence-corrected chi connectivity index (χ2v) is 6.05. The quantitative estimate of drug-likeness (QED) is 0.520. The normalized spacial score (nSPS) is 12.3. The van der Waals surface area contributed by atoms with Gasteiger partial charge in [-0.2, -0.15) is 21.6 Å². The van der Waals surface area contributed by atoms with Crippen molar-refractivity contribution in [3.63, 3.8) is 0 Å². The lowest BCUT2D eigenvalue weighted by atomic mass is 10.0. The molecule has 2 aromatic carbocycles.